The van der Waals surface area contributed by atoms with Crippen molar-refractivity contribution < 1.29 is 4.79 Å². The van der Waals surface area contributed by atoms with Gasteiger partial charge in [-0.25, -0.2) is 4.98 Å². The molecule has 2 aromatic heterocycles. The van der Waals surface area contributed by atoms with Crippen molar-refractivity contribution in [2.45, 2.75) is 6.42 Å². The zero-order valence-corrected chi connectivity index (χ0v) is 9.63. The van der Waals surface area contributed by atoms with Gasteiger partial charge in [-0.15, -0.1) is 0 Å². The zero-order valence-electron chi connectivity index (χ0n) is 9.63. The maximum absolute atomic E-state index is 11.8. The van der Waals surface area contributed by atoms with Gasteiger partial charge in [0.2, 0.25) is 5.91 Å². The molecule has 3 aromatic rings. The Kier molecular flexibility index (Phi) is 1.75. The van der Waals surface area contributed by atoms with E-state index in [2.05, 4.69) is 11.1 Å². The topological polar surface area (TPSA) is 34.9 Å². The Bertz CT molecular complexity index is 827. The van der Waals surface area contributed by atoms with Crippen LogP contribution in [0.25, 0.3) is 27.9 Å². The first-order valence-corrected chi connectivity index (χ1v) is 5.93. The Morgan fingerprint density at radius 1 is 1.17 bits per heavy atom. The van der Waals surface area contributed by atoms with Crippen LogP contribution in [0.3, 0.4) is 0 Å². The number of para-hydroxylation sites is 1. The average molecular weight is 234 g/mol. The van der Waals surface area contributed by atoms with Gasteiger partial charge in [0, 0.05) is 23.4 Å². The van der Waals surface area contributed by atoms with Gasteiger partial charge in [0.15, 0.2) is 0 Å². The Morgan fingerprint density at radius 3 is 3.00 bits per heavy atom. The highest BCUT2D eigenvalue weighted by molar-refractivity contribution is 6.01. The first-order valence-electron chi connectivity index (χ1n) is 5.93. The van der Waals surface area contributed by atoms with Crippen molar-refractivity contribution in [1.29, 1.82) is 0 Å². The van der Waals surface area contributed by atoms with Crippen LogP contribution in [0.4, 0.5) is 0 Å². The molecule has 86 valence electrons. The van der Waals surface area contributed by atoms with Crippen LogP contribution in [-0.4, -0.2) is 15.5 Å². The van der Waals surface area contributed by atoms with Crippen molar-refractivity contribution in [3.05, 3.63) is 48.3 Å². The highest BCUT2D eigenvalue weighted by Gasteiger charge is 2.16. The van der Waals surface area contributed by atoms with Gasteiger partial charge in [-0.05, 0) is 18.2 Å². The lowest BCUT2D eigenvalue weighted by atomic mass is 10.1. The second-order valence-electron chi connectivity index (χ2n) is 4.50. The third-order valence-corrected chi connectivity index (χ3v) is 3.36. The van der Waals surface area contributed by atoms with E-state index in [4.69, 9.17) is 0 Å². The summed E-state index contributed by atoms with van der Waals surface area (Å²) in [7, 11) is 0. The van der Waals surface area contributed by atoms with E-state index in [0.29, 0.717) is 6.42 Å². The predicted molar refractivity (Wildman–Crippen MR) is 71.5 cm³/mol. The molecule has 18 heavy (non-hydrogen) atoms. The quantitative estimate of drug-likeness (QED) is 0.598. The molecule has 1 aliphatic heterocycles. The molecular formula is C15H10N2O. The molecule has 1 aromatic carbocycles. The summed E-state index contributed by atoms with van der Waals surface area (Å²) in [6.07, 6.45) is 6.23. The van der Waals surface area contributed by atoms with Crippen LogP contribution in [0.2, 0.25) is 0 Å². The Labute approximate surface area is 103 Å². The third-order valence-electron chi connectivity index (χ3n) is 3.36. The summed E-state index contributed by atoms with van der Waals surface area (Å²) in [6.45, 7) is 0. The number of fused-ring (bicyclic) bond motifs is 4. The van der Waals surface area contributed by atoms with Gasteiger partial charge >= 0.3 is 0 Å². The Balaban J connectivity index is 2.17. The molecule has 3 heteroatoms. The molecular weight excluding hydrogens is 224 g/mol. The standard InChI is InChI=1S/C15H10N2O/c18-14-7-3-6-13-15-11(9-17(13)14)8-10-4-1-2-5-12(10)16-15/h1-6,8-9H,7H2. The van der Waals surface area contributed by atoms with E-state index in [1.54, 1.807) is 4.57 Å². The van der Waals surface area contributed by atoms with Gasteiger partial charge < -0.3 is 0 Å². The van der Waals surface area contributed by atoms with Crippen LogP contribution in [-0.2, 0) is 0 Å². The average Bonchev–Trinajstić information content (AvgIpc) is 2.76. The van der Waals surface area contributed by atoms with E-state index < -0.39 is 0 Å². The number of carbonyl (C=O) groups excluding carboxylic acids is 1. The third kappa shape index (κ3) is 1.19. The lowest BCUT2D eigenvalue weighted by Crippen LogP contribution is -2.12. The number of allylic oxidation sites excluding steroid dienone is 1. The van der Waals surface area contributed by atoms with Gasteiger partial charge in [-0.3, -0.25) is 9.36 Å². The number of benzene rings is 1. The number of carbonyl (C=O) groups is 1. The molecule has 1 aliphatic rings. The minimum atomic E-state index is 0.106. The maximum atomic E-state index is 11.8. The molecule has 0 bridgehead atoms. The molecule has 4 rings (SSSR count). The lowest BCUT2D eigenvalue weighted by molar-refractivity contribution is 0.0915. The Morgan fingerprint density at radius 2 is 2.06 bits per heavy atom. The Hall–Kier alpha value is -2.42. The van der Waals surface area contributed by atoms with Gasteiger partial charge in [0.25, 0.3) is 0 Å². The monoisotopic (exact) mass is 234 g/mol. The molecule has 0 N–H and O–H groups in total. The molecule has 0 spiro atoms. The first kappa shape index (κ1) is 9.59. The van der Waals surface area contributed by atoms with Crippen LogP contribution in [0.1, 0.15) is 16.9 Å². The number of rotatable bonds is 0. The van der Waals surface area contributed by atoms with Crippen molar-refractivity contribution in [3.63, 3.8) is 0 Å². The summed E-state index contributed by atoms with van der Waals surface area (Å²) >= 11 is 0. The van der Waals surface area contributed by atoms with Crippen molar-refractivity contribution >= 4 is 33.8 Å². The summed E-state index contributed by atoms with van der Waals surface area (Å²) in [5, 5.41) is 2.12. The minimum absolute atomic E-state index is 0.106. The lowest BCUT2D eigenvalue weighted by Gasteiger charge is -2.07. The smallest absolute Gasteiger partial charge is 0.234 e. The fraction of sp³-hybridized carbons (Fsp3) is 0.0667. The molecule has 0 fully saturated rings. The van der Waals surface area contributed by atoms with Crippen LogP contribution in [0.5, 0.6) is 0 Å². The summed E-state index contributed by atoms with van der Waals surface area (Å²) < 4.78 is 1.70. The van der Waals surface area contributed by atoms with E-state index in [1.165, 1.54) is 0 Å². The molecule has 3 heterocycles. The number of pyridine rings is 1. The summed E-state index contributed by atoms with van der Waals surface area (Å²) in [5.41, 5.74) is 2.76. The SMILES string of the molecule is O=C1CC=Cc2c3nc4ccccc4cc3cn21. The van der Waals surface area contributed by atoms with Crippen molar-refractivity contribution in [3.8, 4) is 0 Å². The maximum Gasteiger partial charge on any atom is 0.234 e. The molecule has 0 atom stereocenters. The summed E-state index contributed by atoms with van der Waals surface area (Å²) in [6, 6.07) is 10.1. The predicted octanol–water partition coefficient (Wildman–Crippen LogP) is 3.25. The van der Waals surface area contributed by atoms with E-state index in [0.717, 1.165) is 27.5 Å². The van der Waals surface area contributed by atoms with Crippen LogP contribution in [0.15, 0.2) is 42.6 Å². The van der Waals surface area contributed by atoms with Crippen molar-refractivity contribution in [1.82, 2.24) is 9.55 Å². The molecule has 0 radical (unpaired) electrons. The van der Waals surface area contributed by atoms with E-state index >= 15 is 0 Å². The van der Waals surface area contributed by atoms with Gasteiger partial charge in [-0.2, -0.15) is 0 Å². The zero-order chi connectivity index (χ0) is 12.1. The number of nitrogens with zero attached hydrogens (tertiary/aromatic N) is 2. The highest BCUT2D eigenvalue weighted by atomic mass is 16.2. The fourth-order valence-electron chi connectivity index (χ4n) is 2.49. The molecule has 0 unspecified atom stereocenters. The number of hydrogen-bond acceptors (Lipinski definition) is 2. The summed E-state index contributed by atoms with van der Waals surface area (Å²) in [4.78, 5) is 16.5. The van der Waals surface area contributed by atoms with Crippen LogP contribution >= 0.6 is 0 Å². The van der Waals surface area contributed by atoms with Crippen LogP contribution < -0.4 is 0 Å². The molecule has 0 saturated carbocycles. The molecule has 0 aliphatic carbocycles. The van der Waals surface area contributed by atoms with E-state index in [1.807, 2.05) is 42.6 Å². The van der Waals surface area contributed by atoms with Crippen molar-refractivity contribution in [2.75, 3.05) is 0 Å². The van der Waals surface area contributed by atoms with Gasteiger partial charge in [0.05, 0.1) is 16.7 Å². The largest absolute Gasteiger partial charge is 0.285 e. The van der Waals surface area contributed by atoms with E-state index in [-0.39, 0.29) is 5.91 Å². The number of aromatic nitrogens is 2. The van der Waals surface area contributed by atoms with Gasteiger partial charge in [-0.1, -0.05) is 24.3 Å². The second kappa shape index (κ2) is 3.29. The summed E-state index contributed by atoms with van der Waals surface area (Å²) in [5.74, 6) is 0.106. The molecule has 0 saturated heterocycles. The second-order valence-corrected chi connectivity index (χ2v) is 4.50. The highest BCUT2D eigenvalue weighted by Crippen LogP contribution is 2.27. The number of hydrogen-bond donors (Lipinski definition) is 0. The fourth-order valence-corrected chi connectivity index (χ4v) is 2.49. The first-order chi connectivity index (χ1) is 8.83. The van der Waals surface area contributed by atoms with Crippen molar-refractivity contribution in [2.24, 2.45) is 0 Å². The molecule has 0 amide bonds. The van der Waals surface area contributed by atoms with Crippen LogP contribution in [0, 0.1) is 0 Å². The van der Waals surface area contributed by atoms with Gasteiger partial charge in [0.1, 0.15) is 0 Å². The minimum Gasteiger partial charge on any atom is -0.285 e. The normalized spacial score (nSPS) is 14.3. The van der Waals surface area contributed by atoms with E-state index in [9.17, 15) is 4.79 Å². The molecule has 3 nitrogen and oxygen atoms in total.